The Hall–Kier alpha value is -1.89. The second-order valence-electron chi connectivity index (χ2n) is 6.65. The van der Waals surface area contributed by atoms with Gasteiger partial charge in [-0.05, 0) is 19.8 Å². The summed E-state index contributed by atoms with van der Waals surface area (Å²) in [5.74, 6) is 1.94. The SMILES string of the molecule is Cc1cc(N2CCN3CCNC(=O)C3C2)nc(N2CCCC2)n1. The fraction of sp³-hybridized carbons (Fsp3) is 0.688. The summed E-state index contributed by atoms with van der Waals surface area (Å²) in [6.45, 7) is 8.37. The molecule has 23 heavy (non-hydrogen) atoms. The van der Waals surface area contributed by atoms with Crippen LogP contribution >= 0.6 is 0 Å². The zero-order valence-corrected chi connectivity index (χ0v) is 13.7. The molecule has 4 rings (SSSR count). The first-order valence-corrected chi connectivity index (χ1v) is 8.58. The lowest BCUT2D eigenvalue weighted by atomic mass is 10.1. The number of fused-ring (bicyclic) bond motifs is 1. The molecule has 1 aromatic heterocycles. The van der Waals surface area contributed by atoms with Crippen molar-refractivity contribution in [1.82, 2.24) is 20.2 Å². The molecule has 0 spiro atoms. The van der Waals surface area contributed by atoms with Crippen LogP contribution in [0.2, 0.25) is 0 Å². The number of piperazine rings is 2. The largest absolute Gasteiger partial charge is 0.353 e. The summed E-state index contributed by atoms with van der Waals surface area (Å²) < 4.78 is 0. The molecule has 1 atom stereocenters. The van der Waals surface area contributed by atoms with Crippen molar-refractivity contribution in [2.75, 3.05) is 55.6 Å². The molecule has 1 N–H and O–H groups in total. The smallest absolute Gasteiger partial charge is 0.239 e. The number of hydrogen-bond donors (Lipinski definition) is 1. The van der Waals surface area contributed by atoms with Crippen LogP contribution in [-0.4, -0.2) is 72.6 Å². The lowest BCUT2D eigenvalue weighted by Crippen LogP contribution is -2.64. The summed E-state index contributed by atoms with van der Waals surface area (Å²) in [5.41, 5.74) is 0.993. The minimum atomic E-state index is -0.0528. The van der Waals surface area contributed by atoms with Gasteiger partial charge in [0.05, 0.1) is 0 Å². The Morgan fingerprint density at radius 2 is 1.91 bits per heavy atom. The number of nitrogens with one attached hydrogen (secondary N) is 1. The first-order chi connectivity index (χ1) is 11.2. The molecular weight excluding hydrogens is 292 g/mol. The molecule has 4 heterocycles. The van der Waals surface area contributed by atoms with Gasteiger partial charge in [-0.25, -0.2) is 4.98 Å². The minimum absolute atomic E-state index is 0.0528. The van der Waals surface area contributed by atoms with Crippen LogP contribution in [0.1, 0.15) is 18.5 Å². The molecular formula is C16H24N6O. The van der Waals surface area contributed by atoms with Crippen LogP contribution in [0.4, 0.5) is 11.8 Å². The highest BCUT2D eigenvalue weighted by Gasteiger charge is 2.35. The van der Waals surface area contributed by atoms with E-state index >= 15 is 0 Å². The van der Waals surface area contributed by atoms with Crippen molar-refractivity contribution >= 4 is 17.7 Å². The lowest BCUT2D eigenvalue weighted by molar-refractivity contribution is -0.129. The average molecular weight is 316 g/mol. The molecule has 0 bridgehead atoms. The third-order valence-electron chi connectivity index (χ3n) is 5.03. The van der Waals surface area contributed by atoms with Gasteiger partial charge in [0.15, 0.2) is 0 Å². The van der Waals surface area contributed by atoms with Crippen molar-refractivity contribution in [3.63, 3.8) is 0 Å². The summed E-state index contributed by atoms with van der Waals surface area (Å²) in [6, 6.07) is 1.98. The van der Waals surface area contributed by atoms with Gasteiger partial charge in [-0.3, -0.25) is 9.69 Å². The zero-order valence-electron chi connectivity index (χ0n) is 13.7. The van der Waals surface area contributed by atoms with Gasteiger partial charge in [0, 0.05) is 57.6 Å². The van der Waals surface area contributed by atoms with Crippen LogP contribution in [0.5, 0.6) is 0 Å². The van der Waals surface area contributed by atoms with Crippen LogP contribution in [0.15, 0.2) is 6.07 Å². The number of hydrogen-bond acceptors (Lipinski definition) is 6. The maximum Gasteiger partial charge on any atom is 0.239 e. The fourth-order valence-electron chi connectivity index (χ4n) is 3.74. The van der Waals surface area contributed by atoms with Gasteiger partial charge in [0.2, 0.25) is 11.9 Å². The van der Waals surface area contributed by atoms with Crippen molar-refractivity contribution in [2.24, 2.45) is 0 Å². The molecule has 1 aromatic rings. The summed E-state index contributed by atoms with van der Waals surface area (Å²) in [7, 11) is 0. The maximum atomic E-state index is 12.1. The van der Waals surface area contributed by atoms with Gasteiger partial charge in [-0.15, -0.1) is 0 Å². The van der Waals surface area contributed by atoms with E-state index in [0.29, 0.717) is 6.54 Å². The van der Waals surface area contributed by atoms with Gasteiger partial charge in [-0.2, -0.15) is 4.98 Å². The summed E-state index contributed by atoms with van der Waals surface area (Å²) in [5, 5.41) is 2.97. The summed E-state index contributed by atoms with van der Waals surface area (Å²) >= 11 is 0. The monoisotopic (exact) mass is 316 g/mol. The molecule has 3 aliphatic rings. The van der Waals surface area contributed by atoms with Crippen molar-refractivity contribution in [3.05, 3.63) is 11.8 Å². The highest BCUT2D eigenvalue weighted by Crippen LogP contribution is 2.23. The molecule has 1 amide bonds. The molecule has 1 unspecified atom stereocenters. The number of aryl methyl sites for hydroxylation is 1. The van der Waals surface area contributed by atoms with E-state index in [1.807, 2.05) is 13.0 Å². The summed E-state index contributed by atoms with van der Waals surface area (Å²) in [4.78, 5) is 28.3. The molecule has 0 radical (unpaired) electrons. The molecule has 0 saturated carbocycles. The highest BCUT2D eigenvalue weighted by atomic mass is 16.2. The van der Waals surface area contributed by atoms with E-state index < -0.39 is 0 Å². The van der Waals surface area contributed by atoms with Gasteiger partial charge in [0.25, 0.3) is 0 Å². The zero-order chi connectivity index (χ0) is 15.8. The normalized spacial score (nSPS) is 25.4. The Balaban J connectivity index is 1.56. The van der Waals surface area contributed by atoms with Crippen LogP contribution in [0.3, 0.4) is 0 Å². The second kappa shape index (κ2) is 5.96. The number of aromatic nitrogens is 2. The second-order valence-corrected chi connectivity index (χ2v) is 6.65. The van der Waals surface area contributed by atoms with E-state index in [0.717, 1.165) is 56.7 Å². The molecule has 3 fully saturated rings. The number of anilines is 2. The topological polar surface area (TPSA) is 64.6 Å². The standard InChI is InChI=1S/C16H24N6O/c1-12-10-14(19-16(18-12)21-5-2-3-6-21)22-9-8-20-7-4-17-15(23)13(20)11-22/h10,13H,2-9,11H2,1H3,(H,17,23). The van der Waals surface area contributed by atoms with Crippen LogP contribution in [-0.2, 0) is 4.79 Å². The van der Waals surface area contributed by atoms with Crippen molar-refractivity contribution < 1.29 is 4.79 Å². The van der Waals surface area contributed by atoms with E-state index in [1.165, 1.54) is 12.8 Å². The van der Waals surface area contributed by atoms with Gasteiger partial charge in [0.1, 0.15) is 11.9 Å². The fourth-order valence-corrected chi connectivity index (χ4v) is 3.74. The van der Waals surface area contributed by atoms with Crippen LogP contribution in [0, 0.1) is 6.92 Å². The number of rotatable bonds is 2. The third-order valence-corrected chi connectivity index (χ3v) is 5.03. The minimum Gasteiger partial charge on any atom is -0.353 e. The van der Waals surface area contributed by atoms with E-state index in [4.69, 9.17) is 4.98 Å². The van der Waals surface area contributed by atoms with Crippen molar-refractivity contribution in [1.29, 1.82) is 0 Å². The Labute approximate surface area is 136 Å². The molecule has 7 nitrogen and oxygen atoms in total. The number of carbonyl (C=O) groups excluding carboxylic acids is 1. The quantitative estimate of drug-likeness (QED) is 0.829. The first kappa shape index (κ1) is 14.7. The Morgan fingerprint density at radius 1 is 1.09 bits per heavy atom. The summed E-state index contributed by atoms with van der Waals surface area (Å²) in [6.07, 6.45) is 2.43. The molecule has 3 saturated heterocycles. The van der Waals surface area contributed by atoms with Gasteiger partial charge < -0.3 is 15.1 Å². The van der Waals surface area contributed by atoms with Gasteiger partial charge >= 0.3 is 0 Å². The van der Waals surface area contributed by atoms with E-state index in [1.54, 1.807) is 0 Å². The number of amides is 1. The van der Waals surface area contributed by atoms with Crippen molar-refractivity contribution in [2.45, 2.75) is 25.8 Å². The van der Waals surface area contributed by atoms with E-state index in [2.05, 4.69) is 25.0 Å². The maximum absolute atomic E-state index is 12.1. The number of nitrogens with zero attached hydrogens (tertiary/aromatic N) is 5. The first-order valence-electron chi connectivity index (χ1n) is 8.58. The van der Waals surface area contributed by atoms with Crippen LogP contribution in [0.25, 0.3) is 0 Å². The molecule has 0 aromatic carbocycles. The van der Waals surface area contributed by atoms with Gasteiger partial charge in [-0.1, -0.05) is 0 Å². The molecule has 3 aliphatic heterocycles. The predicted molar refractivity (Wildman–Crippen MR) is 88.8 cm³/mol. The number of carbonyl (C=O) groups is 1. The Bertz CT molecular complexity index is 600. The van der Waals surface area contributed by atoms with E-state index in [-0.39, 0.29) is 11.9 Å². The molecule has 0 aliphatic carbocycles. The Morgan fingerprint density at radius 3 is 2.74 bits per heavy atom. The average Bonchev–Trinajstić information content (AvgIpc) is 3.09. The predicted octanol–water partition coefficient (Wildman–Crippen LogP) is 0.00562. The van der Waals surface area contributed by atoms with Crippen LogP contribution < -0.4 is 15.1 Å². The molecule has 124 valence electrons. The molecule has 7 heteroatoms. The lowest BCUT2D eigenvalue weighted by Gasteiger charge is -2.43. The third kappa shape index (κ3) is 2.85. The Kier molecular flexibility index (Phi) is 3.80. The highest BCUT2D eigenvalue weighted by molar-refractivity contribution is 5.83. The van der Waals surface area contributed by atoms with Crippen molar-refractivity contribution in [3.8, 4) is 0 Å². The van der Waals surface area contributed by atoms with E-state index in [9.17, 15) is 4.79 Å².